The number of benzene rings is 2. The molecule has 4 rings (SSSR count). The van der Waals surface area contributed by atoms with Crippen LogP contribution < -0.4 is 15.1 Å². The van der Waals surface area contributed by atoms with Gasteiger partial charge in [-0.25, -0.2) is 9.99 Å². The first-order valence-electron chi connectivity index (χ1n) is 9.82. The maximum absolute atomic E-state index is 12.8. The van der Waals surface area contributed by atoms with Crippen molar-refractivity contribution in [2.24, 2.45) is 5.10 Å². The Hall–Kier alpha value is -4.07. The van der Waals surface area contributed by atoms with Crippen molar-refractivity contribution in [2.75, 3.05) is 10.3 Å². The van der Waals surface area contributed by atoms with Crippen LogP contribution in [0.3, 0.4) is 0 Å². The Morgan fingerprint density at radius 1 is 1.10 bits per heavy atom. The van der Waals surface area contributed by atoms with Crippen molar-refractivity contribution >= 4 is 28.9 Å². The first kappa shape index (κ1) is 20.2. The van der Waals surface area contributed by atoms with Gasteiger partial charge in [0.15, 0.2) is 0 Å². The van der Waals surface area contributed by atoms with Crippen LogP contribution >= 0.6 is 0 Å². The second-order valence-electron chi connectivity index (χ2n) is 7.17. The minimum absolute atomic E-state index is 0.135. The number of hydrazone groups is 1. The Kier molecular flexibility index (Phi) is 5.70. The van der Waals surface area contributed by atoms with Gasteiger partial charge in [0, 0.05) is 37.0 Å². The molecule has 0 unspecified atom stereocenters. The third-order valence-electron chi connectivity index (χ3n) is 4.74. The number of carbonyl (C=O) groups excluding carboxylic acids is 2. The monoisotopic (exact) mass is 415 g/mol. The van der Waals surface area contributed by atoms with E-state index in [2.05, 4.69) is 20.4 Å². The predicted octanol–water partition coefficient (Wildman–Crippen LogP) is 4.01. The Labute approximate surface area is 179 Å². The zero-order chi connectivity index (χ0) is 21.8. The Morgan fingerprint density at radius 2 is 1.97 bits per heavy atom. The molecule has 8 heteroatoms. The number of aryl methyl sites for hydroxylation is 2. The Balaban J connectivity index is 1.52. The molecule has 0 spiro atoms. The number of amides is 2. The fraction of sp³-hybridized carbons (Fsp3) is 0.174. The fourth-order valence-electron chi connectivity index (χ4n) is 3.15. The molecule has 1 aliphatic rings. The van der Waals surface area contributed by atoms with Crippen LogP contribution in [-0.4, -0.2) is 27.5 Å². The largest absolute Gasteiger partial charge is 0.437 e. The van der Waals surface area contributed by atoms with E-state index in [4.69, 9.17) is 4.74 Å². The molecule has 2 heterocycles. The van der Waals surface area contributed by atoms with Gasteiger partial charge in [0.05, 0.1) is 11.9 Å². The van der Waals surface area contributed by atoms with E-state index in [1.54, 1.807) is 30.5 Å². The molecular weight excluding hydrogens is 394 g/mol. The van der Waals surface area contributed by atoms with Gasteiger partial charge >= 0.3 is 0 Å². The average Bonchev–Trinajstić information content (AvgIpc) is 2.77. The second-order valence-corrected chi connectivity index (χ2v) is 7.17. The van der Waals surface area contributed by atoms with Crippen molar-refractivity contribution in [2.45, 2.75) is 26.7 Å². The smallest absolute Gasteiger partial charge is 0.271 e. The highest BCUT2D eigenvalue weighted by molar-refractivity contribution is 6.44. The quantitative estimate of drug-likeness (QED) is 0.679. The van der Waals surface area contributed by atoms with Crippen LogP contribution in [0, 0.1) is 13.8 Å². The summed E-state index contributed by atoms with van der Waals surface area (Å²) in [6.07, 6.45) is 5.09. The van der Waals surface area contributed by atoms with Crippen LogP contribution in [0.5, 0.6) is 11.6 Å². The molecule has 2 aromatic carbocycles. The van der Waals surface area contributed by atoms with Crippen molar-refractivity contribution in [1.82, 2.24) is 9.97 Å². The minimum atomic E-state index is -0.362. The van der Waals surface area contributed by atoms with E-state index in [1.165, 1.54) is 17.4 Å². The highest BCUT2D eigenvalue weighted by Crippen LogP contribution is 2.26. The highest BCUT2D eigenvalue weighted by Gasteiger charge is 2.26. The number of hydrogen-bond donors (Lipinski definition) is 1. The van der Waals surface area contributed by atoms with E-state index in [0.29, 0.717) is 28.7 Å². The molecule has 0 saturated heterocycles. The Morgan fingerprint density at radius 3 is 2.77 bits per heavy atom. The third kappa shape index (κ3) is 4.75. The van der Waals surface area contributed by atoms with Crippen molar-refractivity contribution < 1.29 is 14.3 Å². The summed E-state index contributed by atoms with van der Waals surface area (Å²) in [5.74, 6) is 0.366. The van der Waals surface area contributed by atoms with Crippen LogP contribution in [0.4, 0.5) is 11.4 Å². The normalized spacial score (nSPS) is 13.5. The molecule has 8 nitrogen and oxygen atoms in total. The topological polar surface area (TPSA) is 96.8 Å². The summed E-state index contributed by atoms with van der Waals surface area (Å²) in [5.41, 5.74) is 3.46. The van der Waals surface area contributed by atoms with Gasteiger partial charge in [-0.2, -0.15) is 5.10 Å². The SMILES string of the molecule is Cc1ccc(C)c(N2N=C(C(=O)Nc3cccc(Oc4cnccn4)c3)CCC2=O)c1. The van der Waals surface area contributed by atoms with Crippen molar-refractivity contribution in [1.29, 1.82) is 0 Å². The summed E-state index contributed by atoms with van der Waals surface area (Å²) in [6.45, 7) is 3.86. The van der Waals surface area contributed by atoms with Gasteiger partial charge in [-0.05, 0) is 43.2 Å². The molecule has 2 amide bonds. The molecule has 1 aliphatic heterocycles. The molecule has 1 aromatic heterocycles. The van der Waals surface area contributed by atoms with Gasteiger partial charge in [0.1, 0.15) is 11.5 Å². The molecule has 0 atom stereocenters. The van der Waals surface area contributed by atoms with Crippen LogP contribution in [0.2, 0.25) is 0 Å². The first-order valence-corrected chi connectivity index (χ1v) is 9.82. The molecule has 0 bridgehead atoms. The number of nitrogens with one attached hydrogen (secondary N) is 1. The summed E-state index contributed by atoms with van der Waals surface area (Å²) in [7, 11) is 0. The van der Waals surface area contributed by atoms with Gasteiger partial charge in [0.25, 0.3) is 5.91 Å². The molecule has 1 N–H and O–H groups in total. The Bertz CT molecular complexity index is 1160. The van der Waals surface area contributed by atoms with Gasteiger partial charge in [-0.3, -0.25) is 14.6 Å². The lowest BCUT2D eigenvalue weighted by molar-refractivity contribution is -0.118. The van der Waals surface area contributed by atoms with Crippen molar-refractivity contribution in [3.8, 4) is 11.6 Å². The minimum Gasteiger partial charge on any atom is -0.437 e. The van der Waals surface area contributed by atoms with E-state index < -0.39 is 0 Å². The number of nitrogens with zero attached hydrogens (tertiary/aromatic N) is 4. The van der Waals surface area contributed by atoms with Crippen LogP contribution in [-0.2, 0) is 9.59 Å². The second kappa shape index (κ2) is 8.74. The maximum Gasteiger partial charge on any atom is 0.271 e. The van der Waals surface area contributed by atoms with Gasteiger partial charge in [-0.1, -0.05) is 18.2 Å². The molecular formula is C23H21N5O3. The summed E-state index contributed by atoms with van der Waals surface area (Å²) >= 11 is 0. The number of aromatic nitrogens is 2. The number of hydrogen-bond acceptors (Lipinski definition) is 6. The fourth-order valence-corrected chi connectivity index (χ4v) is 3.15. The molecule has 31 heavy (non-hydrogen) atoms. The zero-order valence-corrected chi connectivity index (χ0v) is 17.2. The predicted molar refractivity (Wildman–Crippen MR) is 117 cm³/mol. The molecule has 0 aliphatic carbocycles. The van der Waals surface area contributed by atoms with Crippen LogP contribution in [0.1, 0.15) is 24.0 Å². The van der Waals surface area contributed by atoms with Crippen LogP contribution in [0.15, 0.2) is 66.2 Å². The van der Waals surface area contributed by atoms with E-state index in [9.17, 15) is 9.59 Å². The number of ether oxygens (including phenoxy) is 1. The van der Waals surface area contributed by atoms with Crippen LogP contribution in [0.25, 0.3) is 0 Å². The molecule has 0 fully saturated rings. The van der Waals surface area contributed by atoms with Crippen molar-refractivity contribution in [3.05, 3.63) is 72.2 Å². The van der Waals surface area contributed by atoms with E-state index in [1.807, 2.05) is 32.0 Å². The van der Waals surface area contributed by atoms with E-state index in [-0.39, 0.29) is 24.7 Å². The lowest BCUT2D eigenvalue weighted by Gasteiger charge is -2.24. The van der Waals surface area contributed by atoms with Crippen molar-refractivity contribution in [3.63, 3.8) is 0 Å². The zero-order valence-electron chi connectivity index (χ0n) is 17.2. The number of carbonyl (C=O) groups is 2. The first-order chi connectivity index (χ1) is 15.0. The third-order valence-corrected chi connectivity index (χ3v) is 4.74. The number of anilines is 2. The standard InChI is InChI=1S/C23H21N5O3/c1-15-6-7-16(2)20(12-15)28-22(29)9-8-19(27-28)23(30)26-17-4-3-5-18(13-17)31-21-14-24-10-11-25-21/h3-7,10-14H,8-9H2,1-2H3,(H,26,30). The van der Waals surface area contributed by atoms with E-state index in [0.717, 1.165) is 11.1 Å². The van der Waals surface area contributed by atoms with E-state index >= 15 is 0 Å². The summed E-state index contributed by atoms with van der Waals surface area (Å²) < 4.78 is 5.65. The summed E-state index contributed by atoms with van der Waals surface area (Å²) in [4.78, 5) is 33.3. The summed E-state index contributed by atoms with van der Waals surface area (Å²) in [6, 6.07) is 12.7. The molecule has 3 aromatic rings. The van der Waals surface area contributed by atoms with Gasteiger partial charge in [0.2, 0.25) is 11.8 Å². The van der Waals surface area contributed by atoms with Gasteiger partial charge < -0.3 is 10.1 Å². The lowest BCUT2D eigenvalue weighted by atomic mass is 10.1. The average molecular weight is 415 g/mol. The summed E-state index contributed by atoms with van der Waals surface area (Å²) in [5, 5.41) is 8.51. The molecule has 0 saturated carbocycles. The highest BCUT2D eigenvalue weighted by atomic mass is 16.5. The number of rotatable bonds is 5. The molecule has 0 radical (unpaired) electrons. The lowest BCUT2D eigenvalue weighted by Crippen LogP contribution is -2.36. The van der Waals surface area contributed by atoms with Gasteiger partial charge in [-0.15, -0.1) is 0 Å². The molecule has 156 valence electrons. The maximum atomic E-state index is 12.8.